The van der Waals surface area contributed by atoms with E-state index in [9.17, 15) is 32.7 Å². The topological polar surface area (TPSA) is 120 Å². The Bertz CT molecular complexity index is 1280. The van der Waals surface area contributed by atoms with Crippen molar-refractivity contribution in [1.29, 1.82) is 5.26 Å². The van der Waals surface area contributed by atoms with Crippen LogP contribution in [-0.2, 0) is 21.2 Å². The van der Waals surface area contributed by atoms with Crippen LogP contribution in [-0.4, -0.2) is 46.9 Å². The summed E-state index contributed by atoms with van der Waals surface area (Å²) in [5, 5.41) is 19.8. The Labute approximate surface area is 210 Å². The van der Waals surface area contributed by atoms with Gasteiger partial charge in [-0.3, -0.25) is 4.79 Å². The summed E-state index contributed by atoms with van der Waals surface area (Å²) in [4.78, 5) is 40.2. The molecule has 37 heavy (non-hydrogen) atoms. The van der Waals surface area contributed by atoms with Gasteiger partial charge in [-0.15, -0.1) is 0 Å². The molecule has 1 aliphatic heterocycles. The number of aliphatic hydroxyl groups excluding tert-OH is 1. The lowest BCUT2D eigenvalue weighted by Crippen LogP contribution is -2.53. The van der Waals surface area contributed by atoms with Crippen LogP contribution in [0.1, 0.15) is 44.4 Å². The summed E-state index contributed by atoms with van der Waals surface area (Å²) in [6.07, 6.45) is -7.39. The SMILES string of the molecule is CC(O)C1(c2ccc(OC(=O)OC(C)(C)C)cc2)C(=O)N(c2ccc(C#N)c(C(F)(F)F)c2)C(=O)N1C. The number of aliphatic hydroxyl groups is 1. The monoisotopic (exact) mass is 519 g/mol. The molecule has 2 unspecified atom stereocenters. The van der Waals surface area contributed by atoms with E-state index in [1.807, 2.05) is 0 Å². The summed E-state index contributed by atoms with van der Waals surface area (Å²) < 4.78 is 50.7. The minimum Gasteiger partial charge on any atom is -0.428 e. The summed E-state index contributed by atoms with van der Waals surface area (Å²) in [6, 6.07) is 8.24. The van der Waals surface area contributed by atoms with Crippen molar-refractivity contribution in [1.82, 2.24) is 4.90 Å². The van der Waals surface area contributed by atoms with Gasteiger partial charge in [0.25, 0.3) is 5.91 Å². The first-order valence-electron chi connectivity index (χ1n) is 11.0. The molecule has 2 atom stereocenters. The predicted molar refractivity (Wildman–Crippen MR) is 123 cm³/mol. The van der Waals surface area contributed by atoms with E-state index in [4.69, 9.17) is 14.7 Å². The molecular formula is C25H24F3N3O6. The standard InChI is InChI=1S/C25H24F3N3O6/c1-14(32)24(16-7-10-18(11-8-16)36-22(35)37-23(2,3)4)20(33)31(21(34)30(24)5)17-9-6-15(13-29)19(12-17)25(26,27)28/h6-12,14,32H,1-5H3. The summed E-state index contributed by atoms with van der Waals surface area (Å²) in [7, 11) is 1.23. The van der Waals surface area contributed by atoms with Gasteiger partial charge in [-0.25, -0.2) is 14.5 Å². The van der Waals surface area contributed by atoms with Gasteiger partial charge in [0.05, 0.1) is 29.0 Å². The molecular weight excluding hydrogens is 495 g/mol. The second-order valence-electron chi connectivity index (χ2n) is 9.35. The minimum atomic E-state index is -4.91. The van der Waals surface area contributed by atoms with E-state index < -0.39 is 58.3 Å². The average molecular weight is 519 g/mol. The number of alkyl halides is 3. The number of hydrogen-bond acceptors (Lipinski definition) is 7. The molecule has 12 heteroatoms. The fourth-order valence-corrected chi connectivity index (χ4v) is 4.09. The summed E-state index contributed by atoms with van der Waals surface area (Å²) in [6.45, 7) is 6.22. The summed E-state index contributed by atoms with van der Waals surface area (Å²) >= 11 is 0. The smallest absolute Gasteiger partial charge is 0.428 e. The van der Waals surface area contributed by atoms with Gasteiger partial charge < -0.3 is 19.5 Å². The lowest BCUT2D eigenvalue weighted by Gasteiger charge is -2.35. The maximum atomic E-state index is 13.7. The largest absolute Gasteiger partial charge is 0.514 e. The highest BCUT2D eigenvalue weighted by molar-refractivity contribution is 6.23. The van der Waals surface area contributed by atoms with Crippen molar-refractivity contribution >= 4 is 23.8 Å². The molecule has 1 heterocycles. The second kappa shape index (κ2) is 9.40. The number of benzene rings is 2. The molecule has 9 nitrogen and oxygen atoms in total. The van der Waals surface area contributed by atoms with E-state index in [0.717, 1.165) is 17.0 Å². The van der Waals surface area contributed by atoms with E-state index in [1.165, 1.54) is 44.3 Å². The molecule has 1 fully saturated rings. The highest BCUT2D eigenvalue weighted by atomic mass is 19.4. The van der Waals surface area contributed by atoms with Crippen molar-refractivity contribution in [2.75, 3.05) is 11.9 Å². The van der Waals surface area contributed by atoms with Crippen LogP contribution >= 0.6 is 0 Å². The molecule has 0 saturated carbocycles. The van der Waals surface area contributed by atoms with Crippen molar-refractivity contribution in [3.63, 3.8) is 0 Å². The Morgan fingerprint density at radius 1 is 1.11 bits per heavy atom. The number of anilines is 1. The summed E-state index contributed by atoms with van der Waals surface area (Å²) in [5.41, 5.74) is -5.09. The molecule has 0 spiro atoms. The van der Waals surface area contributed by atoms with Crippen LogP contribution in [0.2, 0.25) is 0 Å². The molecule has 0 bridgehead atoms. The Balaban J connectivity index is 2.04. The highest BCUT2D eigenvalue weighted by Crippen LogP contribution is 2.43. The van der Waals surface area contributed by atoms with E-state index in [2.05, 4.69) is 0 Å². The first kappa shape index (κ1) is 27.5. The number of nitrogens with zero attached hydrogens (tertiary/aromatic N) is 3. The molecule has 0 aromatic heterocycles. The van der Waals surface area contributed by atoms with Crippen LogP contribution in [0.25, 0.3) is 0 Å². The second-order valence-corrected chi connectivity index (χ2v) is 9.35. The third-order valence-corrected chi connectivity index (χ3v) is 5.71. The quantitative estimate of drug-likeness (QED) is 0.357. The highest BCUT2D eigenvalue weighted by Gasteiger charge is 2.60. The molecule has 1 N–H and O–H groups in total. The van der Waals surface area contributed by atoms with Crippen LogP contribution in [0.3, 0.4) is 0 Å². The zero-order valence-electron chi connectivity index (χ0n) is 20.6. The van der Waals surface area contributed by atoms with Gasteiger partial charge in [-0.1, -0.05) is 12.1 Å². The van der Waals surface area contributed by atoms with Gasteiger partial charge in [0.2, 0.25) is 0 Å². The number of hydrogen-bond donors (Lipinski definition) is 1. The number of carbonyl (C=O) groups excluding carboxylic acids is 3. The van der Waals surface area contributed by atoms with E-state index in [-0.39, 0.29) is 11.3 Å². The number of ether oxygens (including phenoxy) is 2. The Hall–Kier alpha value is -4.11. The van der Waals surface area contributed by atoms with Gasteiger partial charge in [-0.05, 0) is 63.6 Å². The molecule has 0 aliphatic carbocycles. The van der Waals surface area contributed by atoms with Gasteiger partial charge in [0.15, 0.2) is 5.54 Å². The molecule has 2 aromatic carbocycles. The normalized spacial score (nSPS) is 19.0. The molecule has 0 radical (unpaired) electrons. The van der Waals surface area contributed by atoms with Crippen molar-refractivity contribution in [3.05, 3.63) is 59.2 Å². The molecule has 196 valence electrons. The Morgan fingerprint density at radius 2 is 1.70 bits per heavy atom. The first-order chi connectivity index (χ1) is 17.0. The minimum absolute atomic E-state index is 0.0527. The Morgan fingerprint density at radius 3 is 2.19 bits per heavy atom. The number of amides is 3. The number of imide groups is 1. The number of urea groups is 1. The van der Waals surface area contributed by atoms with Crippen LogP contribution < -0.4 is 9.64 Å². The average Bonchev–Trinajstić information content (AvgIpc) is 2.98. The van der Waals surface area contributed by atoms with E-state index in [1.54, 1.807) is 20.8 Å². The predicted octanol–water partition coefficient (Wildman–Crippen LogP) is 4.57. The fourth-order valence-electron chi connectivity index (χ4n) is 4.09. The number of nitriles is 1. The van der Waals surface area contributed by atoms with Crippen LogP contribution in [0.15, 0.2) is 42.5 Å². The third kappa shape index (κ3) is 4.95. The van der Waals surface area contributed by atoms with Crippen molar-refractivity contribution in [2.45, 2.75) is 51.1 Å². The third-order valence-electron chi connectivity index (χ3n) is 5.71. The molecule has 3 amide bonds. The van der Waals surface area contributed by atoms with E-state index in [0.29, 0.717) is 11.0 Å². The number of rotatable bonds is 4. The van der Waals surface area contributed by atoms with Crippen LogP contribution in [0, 0.1) is 11.3 Å². The van der Waals surface area contributed by atoms with Gasteiger partial charge >= 0.3 is 18.4 Å². The zero-order chi connectivity index (χ0) is 27.9. The fraction of sp³-hybridized carbons (Fsp3) is 0.360. The van der Waals surface area contributed by atoms with Gasteiger partial charge in [0.1, 0.15) is 11.4 Å². The number of halogens is 3. The first-order valence-corrected chi connectivity index (χ1v) is 11.0. The molecule has 1 aliphatic rings. The van der Waals surface area contributed by atoms with Crippen molar-refractivity contribution in [3.8, 4) is 11.8 Å². The van der Waals surface area contributed by atoms with E-state index >= 15 is 0 Å². The Kier molecular flexibility index (Phi) is 6.98. The maximum Gasteiger partial charge on any atom is 0.514 e. The maximum absolute atomic E-state index is 13.7. The number of carbonyl (C=O) groups is 3. The van der Waals surface area contributed by atoms with Crippen LogP contribution in [0.4, 0.5) is 28.4 Å². The van der Waals surface area contributed by atoms with Crippen molar-refractivity contribution < 1.29 is 42.1 Å². The van der Waals surface area contributed by atoms with Crippen molar-refractivity contribution in [2.24, 2.45) is 0 Å². The molecule has 1 saturated heterocycles. The van der Waals surface area contributed by atoms with Gasteiger partial charge in [0, 0.05) is 7.05 Å². The summed E-state index contributed by atoms with van der Waals surface area (Å²) in [5.74, 6) is -0.953. The lowest BCUT2D eigenvalue weighted by molar-refractivity contribution is -0.138. The van der Waals surface area contributed by atoms with Crippen LogP contribution in [0.5, 0.6) is 5.75 Å². The molecule has 2 aromatic rings. The molecule has 3 rings (SSSR count). The zero-order valence-corrected chi connectivity index (χ0v) is 20.6. The lowest BCUT2D eigenvalue weighted by atomic mass is 9.83. The number of likely N-dealkylation sites (N-methyl/N-ethyl adjacent to an activating group) is 1. The van der Waals surface area contributed by atoms with Gasteiger partial charge in [-0.2, -0.15) is 18.4 Å².